The Bertz CT molecular complexity index is 338. The van der Waals surface area contributed by atoms with Gasteiger partial charge in [0.2, 0.25) is 5.91 Å². The van der Waals surface area contributed by atoms with E-state index in [1.807, 2.05) is 12.3 Å². The Hall–Kier alpha value is -0.650. The number of carbonyl (C=O) groups is 1. The van der Waals surface area contributed by atoms with Gasteiger partial charge in [-0.2, -0.15) is 0 Å². The molecule has 0 unspecified atom stereocenters. The van der Waals surface area contributed by atoms with Crippen molar-refractivity contribution in [3.8, 4) is 0 Å². The third-order valence-electron chi connectivity index (χ3n) is 2.23. The minimum atomic E-state index is 0. The highest BCUT2D eigenvalue weighted by molar-refractivity contribution is 7.09. The zero-order chi connectivity index (χ0) is 9.97. The van der Waals surface area contributed by atoms with E-state index >= 15 is 0 Å². The fraction of sp³-hybridized carbons (Fsp3) is 0.556. The van der Waals surface area contributed by atoms with E-state index in [9.17, 15) is 4.79 Å². The normalized spacial score (nSPS) is 15.3. The fourth-order valence-corrected chi connectivity index (χ4v) is 1.98. The van der Waals surface area contributed by atoms with Crippen LogP contribution in [-0.2, 0) is 11.3 Å². The van der Waals surface area contributed by atoms with Crippen LogP contribution in [0.1, 0.15) is 10.7 Å². The summed E-state index contributed by atoms with van der Waals surface area (Å²) < 4.78 is 0. The monoisotopic (exact) mass is 247 g/mol. The fourth-order valence-electron chi connectivity index (χ4n) is 1.27. The number of hydrogen-bond acceptors (Lipinski definition) is 4. The minimum absolute atomic E-state index is 0. The maximum absolute atomic E-state index is 11.4. The highest BCUT2D eigenvalue weighted by atomic mass is 35.5. The maximum atomic E-state index is 11.4. The molecule has 0 aliphatic carbocycles. The molecule has 0 aromatic carbocycles. The number of nitrogens with one attached hydrogen (secondary N) is 2. The van der Waals surface area contributed by atoms with Gasteiger partial charge in [0.1, 0.15) is 5.01 Å². The van der Waals surface area contributed by atoms with Crippen LogP contribution < -0.4 is 10.6 Å². The number of amides is 1. The molecule has 6 heteroatoms. The summed E-state index contributed by atoms with van der Waals surface area (Å²) in [6.45, 7) is 4.14. The van der Waals surface area contributed by atoms with Crippen LogP contribution in [0.25, 0.3) is 0 Å². The molecule has 1 fully saturated rings. The van der Waals surface area contributed by atoms with Gasteiger partial charge in [-0.3, -0.25) is 4.79 Å². The second-order valence-corrected chi connectivity index (χ2v) is 4.40. The van der Waals surface area contributed by atoms with Crippen molar-refractivity contribution in [2.75, 3.05) is 13.1 Å². The Morgan fingerprint density at radius 1 is 1.73 bits per heavy atom. The number of thiazole rings is 1. The van der Waals surface area contributed by atoms with Gasteiger partial charge in [0.05, 0.1) is 12.5 Å². The van der Waals surface area contributed by atoms with E-state index < -0.39 is 0 Å². The second-order valence-electron chi connectivity index (χ2n) is 3.46. The Balaban J connectivity index is 0.00000112. The number of aryl methyl sites for hydroxylation is 1. The zero-order valence-corrected chi connectivity index (χ0v) is 10.1. The first-order valence-corrected chi connectivity index (χ1v) is 5.53. The third kappa shape index (κ3) is 3.15. The molecule has 1 saturated heterocycles. The summed E-state index contributed by atoms with van der Waals surface area (Å²) in [5.41, 5.74) is 1.02. The van der Waals surface area contributed by atoms with Crippen molar-refractivity contribution in [3.63, 3.8) is 0 Å². The summed E-state index contributed by atoms with van der Waals surface area (Å²) in [5.74, 6) is 0.299. The number of aromatic nitrogens is 1. The van der Waals surface area contributed by atoms with Crippen molar-refractivity contribution >= 4 is 29.7 Å². The molecule has 84 valence electrons. The molecule has 0 spiro atoms. The van der Waals surface area contributed by atoms with Gasteiger partial charge in [-0.15, -0.1) is 23.7 Å². The summed E-state index contributed by atoms with van der Waals surface area (Å²) in [7, 11) is 0. The molecule has 4 nitrogen and oxygen atoms in total. The molecule has 0 atom stereocenters. The molecule has 0 saturated carbocycles. The summed E-state index contributed by atoms with van der Waals surface area (Å²) in [6.07, 6.45) is 0. The van der Waals surface area contributed by atoms with Crippen LogP contribution in [-0.4, -0.2) is 24.0 Å². The van der Waals surface area contributed by atoms with Gasteiger partial charge in [0, 0.05) is 24.2 Å². The average molecular weight is 248 g/mol. The summed E-state index contributed by atoms with van der Waals surface area (Å²) in [5, 5.41) is 8.92. The van der Waals surface area contributed by atoms with Crippen molar-refractivity contribution in [2.45, 2.75) is 13.5 Å². The Morgan fingerprint density at radius 3 is 2.93 bits per heavy atom. The maximum Gasteiger partial charge on any atom is 0.226 e. The van der Waals surface area contributed by atoms with Gasteiger partial charge in [0.15, 0.2) is 0 Å². The Labute approximate surface area is 98.9 Å². The molecular weight excluding hydrogens is 234 g/mol. The van der Waals surface area contributed by atoms with E-state index in [4.69, 9.17) is 0 Å². The number of halogens is 1. The lowest BCUT2D eigenvalue weighted by atomic mass is 10.0. The largest absolute Gasteiger partial charge is 0.349 e. The van der Waals surface area contributed by atoms with Gasteiger partial charge < -0.3 is 10.6 Å². The van der Waals surface area contributed by atoms with Gasteiger partial charge in [0.25, 0.3) is 0 Å². The zero-order valence-electron chi connectivity index (χ0n) is 8.45. The number of carbonyl (C=O) groups excluding carboxylic acids is 1. The van der Waals surface area contributed by atoms with E-state index in [0.29, 0.717) is 6.54 Å². The summed E-state index contributed by atoms with van der Waals surface area (Å²) >= 11 is 1.59. The van der Waals surface area contributed by atoms with Crippen molar-refractivity contribution in [1.82, 2.24) is 15.6 Å². The van der Waals surface area contributed by atoms with E-state index in [1.54, 1.807) is 11.3 Å². The number of hydrogen-bond donors (Lipinski definition) is 2. The molecular formula is C9H14ClN3OS. The molecule has 1 aromatic heterocycles. The molecule has 15 heavy (non-hydrogen) atoms. The van der Waals surface area contributed by atoms with Gasteiger partial charge in [-0.1, -0.05) is 0 Å². The number of nitrogens with zero attached hydrogens (tertiary/aromatic N) is 1. The standard InChI is InChI=1S/C9H13N3OS.ClH/c1-6-5-14-8(12-6)4-11-9(13)7-2-10-3-7;/h5,7,10H,2-4H2,1H3,(H,11,13);1H. The first kappa shape index (κ1) is 12.4. The van der Waals surface area contributed by atoms with Crippen LogP contribution in [0.2, 0.25) is 0 Å². The third-order valence-corrected chi connectivity index (χ3v) is 3.20. The van der Waals surface area contributed by atoms with Crippen molar-refractivity contribution in [2.24, 2.45) is 5.92 Å². The summed E-state index contributed by atoms with van der Waals surface area (Å²) in [6, 6.07) is 0. The van der Waals surface area contributed by atoms with Crippen LogP contribution in [0, 0.1) is 12.8 Å². The van der Waals surface area contributed by atoms with E-state index in [-0.39, 0.29) is 24.2 Å². The molecule has 2 rings (SSSR count). The Morgan fingerprint density at radius 2 is 2.47 bits per heavy atom. The molecule has 1 aliphatic heterocycles. The SMILES string of the molecule is Cc1csc(CNC(=O)C2CNC2)n1.Cl. The van der Waals surface area contributed by atoms with Crippen LogP contribution in [0.15, 0.2) is 5.38 Å². The lowest BCUT2D eigenvalue weighted by molar-refractivity contribution is -0.126. The van der Waals surface area contributed by atoms with Crippen molar-refractivity contribution in [1.29, 1.82) is 0 Å². The van der Waals surface area contributed by atoms with Gasteiger partial charge >= 0.3 is 0 Å². The lowest BCUT2D eigenvalue weighted by Gasteiger charge is -2.25. The summed E-state index contributed by atoms with van der Waals surface area (Å²) in [4.78, 5) is 15.7. The first-order valence-electron chi connectivity index (χ1n) is 4.65. The average Bonchev–Trinajstić information content (AvgIpc) is 2.45. The first-order chi connectivity index (χ1) is 6.75. The second kappa shape index (κ2) is 5.44. The topological polar surface area (TPSA) is 54.0 Å². The molecule has 2 heterocycles. The van der Waals surface area contributed by atoms with Gasteiger partial charge in [-0.05, 0) is 6.92 Å². The molecule has 1 aliphatic rings. The van der Waals surface area contributed by atoms with Crippen molar-refractivity contribution in [3.05, 3.63) is 16.1 Å². The molecule has 2 N–H and O–H groups in total. The van der Waals surface area contributed by atoms with E-state index in [0.717, 1.165) is 23.8 Å². The lowest BCUT2D eigenvalue weighted by Crippen LogP contribution is -2.50. The van der Waals surface area contributed by atoms with Crippen LogP contribution >= 0.6 is 23.7 Å². The van der Waals surface area contributed by atoms with Crippen LogP contribution in [0.4, 0.5) is 0 Å². The number of rotatable bonds is 3. The Kier molecular flexibility index (Phi) is 4.50. The van der Waals surface area contributed by atoms with Crippen molar-refractivity contribution < 1.29 is 4.79 Å². The predicted molar refractivity (Wildman–Crippen MR) is 62.3 cm³/mol. The molecule has 1 aromatic rings. The quantitative estimate of drug-likeness (QED) is 0.827. The minimum Gasteiger partial charge on any atom is -0.349 e. The smallest absolute Gasteiger partial charge is 0.226 e. The molecule has 0 radical (unpaired) electrons. The molecule has 1 amide bonds. The highest BCUT2D eigenvalue weighted by Gasteiger charge is 2.24. The highest BCUT2D eigenvalue weighted by Crippen LogP contribution is 2.09. The van der Waals surface area contributed by atoms with Crippen LogP contribution in [0.3, 0.4) is 0 Å². The van der Waals surface area contributed by atoms with Crippen LogP contribution in [0.5, 0.6) is 0 Å². The van der Waals surface area contributed by atoms with E-state index in [2.05, 4.69) is 15.6 Å². The van der Waals surface area contributed by atoms with E-state index in [1.165, 1.54) is 0 Å². The predicted octanol–water partition coefficient (Wildman–Crippen LogP) is 0.709. The van der Waals surface area contributed by atoms with Gasteiger partial charge in [-0.25, -0.2) is 4.98 Å². The molecule has 0 bridgehead atoms.